The molecule has 0 spiro atoms. The first-order valence-corrected chi connectivity index (χ1v) is 7.42. The zero-order valence-electron chi connectivity index (χ0n) is 14.4. The summed E-state index contributed by atoms with van der Waals surface area (Å²) in [4.78, 5) is 21.4. The van der Waals surface area contributed by atoms with Gasteiger partial charge in [0, 0.05) is 24.6 Å². The SMILES string of the molecule is COc1cc(/C=N/Nc2ccc([N+](=O)[O-])cc2)cc(OC)c1OC(C)=O. The van der Waals surface area contributed by atoms with Gasteiger partial charge in [0.2, 0.25) is 5.75 Å². The topological polar surface area (TPSA) is 112 Å². The van der Waals surface area contributed by atoms with Crippen molar-refractivity contribution in [1.29, 1.82) is 0 Å². The van der Waals surface area contributed by atoms with Crippen molar-refractivity contribution < 1.29 is 23.9 Å². The second-order valence-electron chi connectivity index (χ2n) is 5.02. The van der Waals surface area contributed by atoms with Crippen LogP contribution < -0.4 is 19.6 Å². The Kier molecular flexibility index (Phi) is 6.10. The van der Waals surface area contributed by atoms with Gasteiger partial charge < -0.3 is 14.2 Å². The van der Waals surface area contributed by atoms with Crippen LogP contribution in [0.5, 0.6) is 17.2 Å². The highest BCUT2D eigenvalue weighted by Gasteiger charge is 2.15. The zero-order valence-corrected chi connectivity index (χ0v) is 14.4. The molecular weight excluding hydrogens is 342 g/mol. The third kappa shape index (κ3) is 4.69. The first-order valence-electron chi connectivity index (χ1n) is 7.42. The summed E-state index contributed by atoms with van der Waals surface area (Å²) in [6, 6.07) is 9.08. The number of ether oxygens (including phenoxy) is 3. The van der Waals surface area contributed by atoms with E-state index in [1.165, 1.54) is 39.5 Å². The highest BCUT2D eigenvalue weighted by Crippen LogP contribution is 2.38. The molecule has 2 aromatic carbocycles. The molecule has 0 saturated heterocycles. The number of methoxy groups -OCH3 is 2. The number of rotatable bonds is 7. The fourth-order valence-electron chi connectivity index (χ4n) is 2.06. The van der Waals surface area contributed by atoms with Gasteiger partial charge in [-0.05, 0) is 24.3 Å². The van der Waals surface area contributed by atoms with Gasteiger partial charge in [0.15, 0.2) is 11.5 Å². The maximum Gasteiger partial charge on any atom is 0.308 e. The molecule has 0 heterocycles. The van der Waals surface area contributed by atoms with Crippen LogP contribution in [0.15, 0.2) is 41.5 Å². The Labute approximate surface area is 149 Å². The fourth-order valence-corrected chi connectivity index (χ4v) is 2.06. The van der Waals surface area contributed by atoms with Gasteiger partial charge in [-0.15, -0.1) is 0 Å². The van der Waals surface area contributed by atoms with Gasteiger partial charge in [0.1, 0.15) is 0 Å². The van der Waals surface area contributed by atoms with Crippen molar-refractivity contribution in [3.63, 3.8) is 0 Å². The number of esters is 1. The summed E-state index contributed by atoms with van der Waals surface area (Å²) in [5.74, 6) is 0.318. The van der Waals surface area contributed by atoms with Gasteiger partial charge in [0.05, 0.1) is 31.0 Å². The van der Waals surface area contributed by atoms with Crippen molar-refractivity contribution >= 4 is 23.6 Å². The van der Waals surface area contributed by atoms with E-state index in [0.717, 1.165) is 0 Å². The number of carbonyl (C=O) groups is 1. The monoisotopic (exact) mass is 359 g/mol. The van der Waals surface area contributed by atoms with Crippen molar-refractivity contribution in [1.82, 2.24) is 0 Å². The molecule has 0 aliphatic rings. The van der Waals surface area contributed by atoms with E-state index in [2.05, 4.69) is 10.5 Å². The second-order valence-corrected chi connectivity index (χ2v) is 5.02. The summed E-state index contributed by atoms with van der Waals surface area (Å²) < 4.78 is 15.6. The molecular formula is C17H17N3O6. The Balaban J connectivity index is 2.18. The molecule has 0 aliphatic carbocycles. The van der Waals surface area contributed by atoms with Crippen LogP contribution in [-0.2, 0) is 4.79 Å². The van der Waals surface area contributed by atoms with Crippen molar-refractivity contribution in [2.75, 3.05) is 19.6 Å². The van der Waals surface area contributed by atoms with Crippen LogP contribution in [0, 0.1) is 10.1 Å². The highest BCUT2D eigenvalue weighted by atomic mass is 16.6. The number of hydrogen-bond acceptors (Lipinski definition) is 8. The average molecular weight is 359 g/mol. The second kappa shape index (κ2) is 8.47. The van der Waals surface area contributed by atoms with Crippen LogP contribution in [0.2, 0.25) is 0 Å². The lowest BCUT2D eigenvalue weighted by Gasteiger charge is -2.13. The predicted molar refractivity (Wildman–Crippen MR) is 95.2 cm³/mol. The number of nitro benzene ring substituents is 1. The largest absolute Gasteiger partial charge is 0.493 e. The van der Waals surface area contributed by atoms with Crippen molar-refractivity contribution in [3.8, 4) is 17.2 Å². The van der Waals surface area contributed by atoms with E-state index < -0.39 is 10.9 Å². The van der Waals surface area contributed by atoms with Crippen molar-refractivity contribution in [2.45, 2.75) is 6.92 Å². The van der Waals surface area contributed by atoms with Gasteiger partial charge in [-0.3, -0.25) is 20.3 Å². The average Bonchev–Trinajstić information content (AvgIpc) is 2.62. The molecule has 26 heavy (non-hydrogen) atoms. The molecule has 9 nitrogen and oxygen atoms in total. The number of hydrogen-bond donors (Lipinski definition) is 1. The number of benzene rings is 2. The molecule has 0 amide bonds. The summed E-state index contributed by atoms with van der Waals surface area (Å²) in [5, 5.41) is 14.7. The van der Waals surface area contributed by atoms with Crippen LogP contribution in [0.4, 0.5) is 11.4 Å². The highest BCUT2D eigenvalue weighted by molar-refractivity contribution is 5.84. The van der Waals surface area contributed by atoms with Crippen LogP contribution in [0.1, 0.15) is 12.5 Å². The third-order valence-corrected chi connectivity index (χ3v) is 3.21. The summed E-state index contributed by atoms with van der Waals surface area (Å²) >= 11 is 0. The van der Waals surface area contributed by atoms with Crippen LogP contribution >= 0.6 is 0 Å². The minimum Gasteiger partial charge on any atom is -0.493 e. The van der Waals surface area contributed by atoms with E-state index in [1.54, 1.807) is 24.3 Å². The van der Waals surface area contributed by atoms with Crippen molar-refractivity contribution in [3.05, 3.63) is 52.1 Å². The molecule has 1 N–H and O–H groups in total. The quantitative estimate of drug-likeness (QED) is 0.266. The summed E-state index contributed by atoms with van der Waals surface area (Å²) in [7, 11) is 2.88. The van der Waals surface area contributed by atoms with E-state index >= 15 is 0 Å². The predicted octanol–water partition coefficient (Wildman–Crippen LogP) is 2.98. The number of nitro groups is 1. The number of hydrazone groups is 1. The molecule has 0 unspecified atom stereocenters. The summed E-state index contributed by atoms with van der Waals surface area (Å²) in [6.07, 6.45) is 1.50. The standard InChI is InChI=1S/C17H17N3O6/c1-11(21)26-17-15(24-2)8-12(9-16(17)25-3)10-18-19-13-4-6-14(7-5-13)20(22)23/h4-10,19H,1-3H3/b18-10+. The van der Waals surface area contributed by atoms with E-state index in [4.69, 9.17) is 14.2 Å². The van der Waals surface area contributed by atoms with Crippen LogP contribution in [-0.4, -0.2) is 31.3 Å². The Bertz CT molecular complexity index is 808. The van der Waals surface area contributed by atoms with Crippen molar-refractivity contribution in [2.24, 2.45) is 5.10 Å². The third-order valence-electron chi connectivity index (χ3n) is 3.21. The zero-order chi connectivity index (χ0) is 19.1. The lowest BCUT2D eigenvalue weighted by atomic mass is 10.2. The minimum atomic E-state index is -0.497. The van der Waals surface area contributed by atoms with Crippen LogP contribution in [0.3, 0.4) is 0 Å². The van der Waals surface area contributed by atoms with E-state index in [9.17, 15) is 14.9 Å². The molecule has 0 saturated carbocycles. The molecule has 136 valence electrons. The normalized spacial score (nSPS) is 10.4. The molecule has 0 aromatic heterocycles. The molecule has 0 atom stereocenters. The number of nitrogens with zero attached hydrogens (tertiary/aromatic N) is 2. The number of non-ortho nitro benzene ring substituents is 1. The fraction of sp³-hybridized carbons (Fsp3) is 0.176. The van der Waals surface area contributed by atoms with Crippen LogP contribution in [0.25, 0.3) is 0 Å². The summed E-state index contributed by atoms with van der Waals surface area (Å²) in [6.45, 7) is 1.28. The molecule has 9 heteroatoms. The smallest absolute Gasteiger partial charge is 0.308 e. The molecule has 2 aromatic rings. The molecule has 0 fully saturated rings. The maximum absolute atomic E-state index is 11.2. The van der Waals surface area contributed by atoms with Gasteiger partial charge in [0.25, 0.3) is 5.69 Å². The lowest BCUT2D eigenvalue weighted by molar-refractivity contribution is -0.384. The van der Waals surface area contributed by atoms with E-state index in [1.807, 2.05) is 0 Å². The minimum absolute atomic E-state index is 0.00457. The Morgan fingerprint density at radius 3 is 2.19 bits per heavy atom. The first-order chi connectivity index (χ1) is 12.4. The molecule has 0 bridgehead atoms. The molecule has 0 aliphatic heterocycles. The first kappa shape index (κ1) is 18.7. The summed E-state index contributed by atoms with van der Waals surface area (Å²) in [5.41, 5.74) is 3.97. The van der Waals surface area contributed by atoms with Gasteiger partial charge >= 0.3 is 5.97 Å². The molecule has 2 rings (SSSR count). The lowest BCUT2D eigenvalue weighted by Crippen LogP contribution is -2.05. The van der Waals surface area contributed by atoms with Gasteiger partial charge in [-0.25, -0.2) is 0 Å². The number of nitrogens with one attached hydrogen (secondary N) is 1. The van der Waals surface area contributed by atoms with Gasteiger partial charge in [-0.2, -0.15) is 5.10 Å². The maximum atomic E-state index is 11.2. The number of anilines is 1. The molecule has 0 radical (unpaired) electrons. The Morgan fingerprint density at radius 1 is 1.15 bits per heavy atom. The van der Waals surface area contributed by atoms with E-state index in [0.29, 0.717) is 22.7 Å². The Morgan fingerprint density at radius 2 is 1.73 bits per heavy atom. The number of carbonyl (C=O) groups excluding carboxylic acids is 1. The Hall–Kier alpha value is -3.62. The van der Waals surface area contributed by atoms with Gasteiger partial charge in [-0.1, -0.05) is 0 Å². The van der Waals surface area contributed by atoms with E-state index in [-0.39, 0.29) is 11.4 Å².